The number of carbonyl (C=O) groups excluding carboxylic acids is 1. The average Bonchev–Trinajstić information content (AvgIpc) is 2.97. The van der Waals surface area contributed by atoms with E-state index in [1.54, 1.807) is 0 Å². The quantitative estimate of drug-likeness (QED) is 0.0935. The minimum absolute atomic E-state index is 0.0921. The van der Waals surface area contributed by atoms with Crippen molar-refractivity contribution in [3.63, 3.8) is 0 Å². The summed E-state index contributed by atoms with van der Waals surface area (Å²) in [7, 11) is 0. The lowest BCUT2D eigenvalue weighted by atomic mass is 10.0. The van der Waals surface area contributed by atoms with Crippen molar-refractivity contribution in [2.45, 2.75) is 154 Å². The molecule has 0 radical (unpaired) electrons. The van der Waals surface area contributed by atoms with Crippen LogP contribution in [0.3, 0.4) is 0 Å². The molecule has 2 aromatic carbocycles. The van der Waals surface area contributed by atoms with Crippen molar-refractivity contribution in [2.75, 3.05) is 0 Å². The van der Waals surface area contributed by atoms with Gasteiger partial charge in [-0.05, 0) is 17.5 Å². The Morgan fingerprint density at radius 3 is 1.13 bits per heavy atom. The highest BCUT2D eigenvalue weighted by molar-refractivity contribution is 5.70. The summed E-state index contributed by atoms with van der Waals surface area (Å²) in [6, 6.07) is 20.1. The van der Waals surface area contributed by atoms with Gasteiger partial charge in [0.15, 0.2) is 6.10 Å². The van der Waals surface area contributed by atoms with E-state index in [4.69, 9.17) is 4.74 Å². The molecule has 39 heavy (non-hydrogen) atoms. The smallest absolute Gasteiger partial charge is 0.306 e. The molecular weight excluding hydrogens is 476 g/mol. The number of ether oxygens (including phenoxy) is 1. The SMILES string of the molecule is CCCCCCCCCCCCCCCCCCCCCCCC(=O)OC(c1ccccc1)c1ccccc1. The lowest BCUT2D eigenvalue weighted by Crippen LogP contribution is -2.12. The van der Waals surface area contributed by atoms with Crippen LogP contribution in [0.5, 0.6) is 0 Å². The van der Waals surface area contributed by atoms with Gasteiger partial charge in [-0.1, -0.05) is 196 Å². The van der Waals surface area contributed by atoms with Crippen LogP contribution in [0.4, 0.5) is 0 Å². The molecule has 0 aliphatic carbocycles. The molecule has 2 nitrogen and oxygen atoms in total. The van der Waals surface area contributed by atoms with Crippen molar-refractivity contribution in [3.05, 3.63) is 71.8 Å². The predicted molar refractivity (Wildman–Crippen MR) is 168 cm³/mol. The second kappa shape index (κ2) is 23.8. The molecular formula is C37H58O2. The molecule has 0 aromatic heterocycles. The molecule has 0 unspecified atom stereocenters. The normalized spacial score (nSPS) is 11.2. The lowest BCUT2D eigenvalue weighted by molar-refractivity contribution is -0.147. The van der Waals surface area contributed by atoms with E-state index in [9.17, 15) is 4.79 Å². The molecule has 0 spiro atoms. The number of hydrogen-bond acceptors (Lipinski definition) is 2. The van der Waals surface area contributed by atoms with Gasteiger partial charge in [0.1, 0.15) is 0 Å². The van der Waals surface area contributed by atoms with Crippen LogP contribution in [-0.2, 0) is 9.53 Å². The van der Waals surface area contributed by atoms with Crippen molar-refractivity contribution >= 4 is 5.97 Å². The zero-order valence-electron chi connectivity index (χ0n) is 25.2. The van der Waals surface area contributed by atoms with E-state index in [0.29, 0.717) is 6.42 Å². The molecule has 0 heterocycles. The Morgan fingerprint density at radius 2 is 0.795 bits per heavy atom. The van der Waals surface area contributed by atoms with Crippen molar-refractivity contribution in [3.8, 4) is 0 Å². The maximum Gasteiger partial charge on any atom is 0.306 e. The minimum Gasteiger partial charge on any atom is -0.453 e. The Labute approximate surface area is 241 Å². The van der Waals surface area contributed by atoms with Gasteiger partial charge in [-0.15, -0.1) is 0 Å². The molecule has 0 aliphatic rings. The molecule has 0 saturated heterocycles. The fraction of sp³-hybridized carbons (Fsp3) is 0.649. The molecule has 0 saturated carbocycles. The van der Waals surface area contributed by atoms with Gasteiger partial charge in [-0.25, -0.2) is 0 Å². The van der Waals surface area contributed by atoms with Crippen LogP contribution < -0.4 is 0 Å². The van der Waals surface area contributed by atoms with Gasteiger partial charge in [0.25, 0.3) is 0 Å². The standard InChI is InChI=1S/C37H58O2/c1-2-3-4-5-6-7-8-9-10-11-12-13-14-15-16-17-18-19-20-21-28-33-36(38)39-37(34-29-24-22-25-30-34)35-31-26-23-27-32-35/h22-27,29-32,37H,2-21,28,33H2,1H3. The lowest BCUT2D eigenvalue weighted by Gasteiger charge is -2.19. The number of esters is 1. The van der Waals surface area contributed by atoms with Crippen LogP contribution in [0.1, 0.15) is 165 Å². The predicted octanol–water partition coefficient (Wildman–Crippen LogP) is 11.9. The Kier molecular flexibility index (Phi) is 20.2. The highest BCUT2D eigenvalue weighted by Gasteiger charge is 2.18. The number of hydrogen-bond donors (Lipinski definition) is 0. The highest BCUT2D eigenvalue weighted by atomic mass is 16.5. The minimum atomic E-state index is -0.324. The van der Waals surface area contributed by atoms with Gasteiger partial charge < -0.3 is 4.74 Å². The summed E-state index contributed by atoms with van der Waals surface area (Å²) < 4.78 is 5.93. The van der Waals surface area contributed by atoms with Crippen LogP contribution in [0.25, 0.3) is 0 Å². The van der Waals surface area contributed by atoms with E-state index in [1.165, 1.54) is 122 Å². The number of unbranched alkanes of at least 4 members (excludes halogenated alkanes) is 20. The van der Waals surface area contributed by atoms with Crippen molar-refractivity contribution < 1.29 is 9.53 Å². The Balaban J connectivity index is 1.37. The number of carbonyl (C=O) groups is 1. The average molecular weight is 535 g/mol. The van der Waals surface area contributed by atoms with E-state index < -0.39 is 0 Å². The summed E-state index contributed by atoms with van der Waals surface area (Å²) in [5, 5.41) is 0. The summed E-state index contributed by atoms with van der Waals surface area (Å²) in [6.07, 6.45) is 29.0. The first-order valence-electron chi connectivity index (χ1n) is 16.6. The monoisotopic (exact) mass is 534 g/mol. The first-order valence-corrected chi connectivity index (χ1v) is 16.6. The second-order valence-corrected chi connectivity index (χ2v) is 11.5. The molecule has 0 aliphatic heterocycles. The fourth-order valence-electron chi connectivity index (χ4n) is 5.48. The van der Waals surface area contributed by atoms with Crippen LogP contribution in [0.15, 0.2) is 60.7 Å². The Morgan fingerprint density at radius 1 is 0.487 bits per heavy atom. The van der Waals surface area contributed by atoms with E-state index in [1.807, 2.05) is 60.7 Å². The summed E-state index contributed by atoms with van der Waals surface area (Å²) in [5.41, 5.74) is 2.05. The molecule has 2 aromatic rings. The van der Waals surface area contributed by atoms with Crippen LogP contribution in [-0.4, -0.2) is 5.97 Å². The zero-order chi connectivity index (χ0) is 27.6. The molecule has 0 fully saturated rings. The summed E-state index contributed by atoms with van der Waals surface area (Å²) in [4.78, 5) is 12.6. The first-order chi connectivity index (χ1) is 19.3. The largest absolute Gasteiger partial charge is 0.453 e. The molecule has 0 atom stereocenters. The maximum absolute atomic E-state index is 12.6. The third kappa shape index (κ3) is 17.3. The van der Waals surface area contributed by atoms with E-state index in [2.05, 4.69) is 6.92 Å². The molecule has 0 N–H and O–H groups in total. The van der Waals surface area contributed by atoms with E-state index in [0.717, 1.165) is 24.0 Å². The molecule has 2 rings (SSSR count). The topological polar surface area (TPSA) is 26.3 Å². The van der Waals surface area contributed by atoms with Crippen LogP contribution in [0.2, 0.25) is 0 Å². The van der Waals surface area contributed by atoms with Gasteiger partial charge >= 0.3 is 5.97 Å². The molecule has 0 bridgehead atoms. The molecule has 2 heteroatoms. The van der Waals surface area contributed by atoms with Gasteiger partial charge in [0.05, 0.1) is 0 Å². The summed E-state index contributed by atoms with van der Waals surface area (Å²) in [5.74, 6) is -0.0921. The van der Waals surface area contributed by atoms with E-state index >= 15 is 0 Å². The van der Waals surface area contributed by atoms with Crippen LogP contribution in [0, 0.1) is 0 Å². The third-order valence-corrected chi connectivity index (χ3v) is 7.94. The van der Waals surface area contributed by atoms with Crippen molar-refractivity contribution in [2.24, 2.45) is 0 Å². The maximum atomic E-state index is 12.6. The fourth-order valence-corrected chi connectivity index (χ4v) is 5.48. The van der Waals surface area contributed by atoms with Gasteiger partial charge in [-0.2, -0.15) is 0 Å². The summed E-state index contributed by atoms with van der Waals surface area (Å²) >= 11 is 0. The van der Waals surface area contributed by atoms with E-state index in [-0.39, 0.29) is 12.1 Å². The van der Waals surface area contributed by atoms with Gasteiger partial charge in [0.2, 0.25) is 0 Å². The Hall–Kier alpha value is -2.09. The second-order valence-electron chi connectivity index (χ2n) is 11.5. The number of rotatable bonds is 25. The van der Waals surface area contributed by atoms with Gasteiger partial charge in [-0.3, -0.25) is 4.79 Å². The van der Waals surface area contributed by atoms with Crippen molar-refractivity contribution in [1.29, 1.82) is 0 Å². The van der Waals surface area contributed by atoms with Crippen LogP contribution >= 0.6 is 0 Å². The molecule has 218 valence electrons. The third-order valence-electron chi connectivity index (χ3n) is 7.94. The Bertz CT molecular complexity index is 761. The van der Waals surface area contributed by atoms with Gasteiger partial charge in [0, 0.05) is 6.42 Å². The van der Waals surface area contributed by atoms with Crippen molar-refractivity contribution in [1.82, 2.24) is 0 Å². The number of benzene rings is 2. The summed E-state index contributed by atoms with van der Waals surface area (Å²) in [6.45, 7) is 2.29. The zero-order valence-corrected chi connectivity index (χ0v) is 25.2. The molecule has 0 amide bonds. The first kappa shape index (κ1) is 33.1. The highest BCUT2D eigenvalue weighted by Crippen LogP contribution is 2.26.